The molecule has 0 fully saturated rings. The molecule has 0 aromatic carbocycles. The van der Waals surface area contributed by atoms with Gasteiger partial charge in [-0.3, -0.25) is 0 Å². The van der Waals surface area contributed by atoms with Crippen molar-refractivity contribution in [1.82, 2.24) is 4.98 Å². The molecule has 0 spiro atoms. The van der Waals surface area contributed by atoms with E-state index in [1.54, 1.807) is 0 Å². The Bertz CT molecular complexity index is 273. The Hall–Kier alpha value is -1.38. The van der Waals surface area contributed by atoms with Crippen molar-refractivity contribution >= 4 is 6.08 Å². The van der Waals surface area contributed by atoms with Crippen LogP contribution >= 0.6 is 0 Å². The summed E-state index contributed by atoms with van der Waals surface area (Å²) >= 11 is 0. The number of hydrogen-bond acceptors (Lipinski definition) is 2. The fraction of sp³-hybridized carbons (Fsp3) is 0.125. The molecule has 0 saturated carbocycles. The molecule has 0 aliphatic carbocycles. The second kappa shape index (κ2) is 3.14. The van der Waals surface area contributed by atoms with E-state index in [2.05, 4.69) is 16.3 Å². The van der Waals surface area contributed by atoms with Gasteiger partial charge in [-0.05, 0) is 11.6 Å². The van der Waals surface area contributed by atoms with Crippen molar-refractivity contribution in [3.8, 4) is 5.88 Å². The van der Waals surface area contributed by atoms with Gasteiger partial charge in [-0.25, -0.2) is 9.37 Å². The van der Waals surface area contributed by atoms with Crippen LogP contribution in [0.1, 0.15) is 5.56 Å². The molecule has 2 nitrogen and oxygen atoms in total. The van der Waals surface area contributed by atoms with Gasteiger partial charge in [0.15, 0.2) is 5.82 Å². The molecule has 1 aromatic rings. The molecule has 0 atom stereocenters. The van der Waals surface area contributed by atoms with E-state index in [4.69, 9.17) is 0 Å². The summed E-state index contributed by atoms with van der Waals surface area (Å²) in [5.41, 5.74) is 0.642. The summed E-state index contributed by atoms with van der Waals surface area (Å²) in [6.07, 6.45) is 3.02. The first kappa shape index (κ1) is 7.72. The van der Waals surface area contributed by atoms with Gasteiger partial charge in [0.2, 0.25) is 5.88 Å². The molecule has 11 heavy (non-hydrogen) atoms. The zero-order valence-electron chi connectivity index (χ0n) is 6.17. The number of nitrogens with zero attached hydrogens (tertiary/aromatic N) is 1. The highest BCUT2D eigenvalue weighted by atomic mass is 19.1. The minimum Gasteiger partial charge on any atom is -0.479 e. The third-order valence-corrected chi connectivity index (χ3v) is 1.26. The molecule has 0 bridgehead atoms. The van der Waals surface area contributed by atoms with Crippen LogP contribution in [0.5, 0.6) is 5.88 Å². The summed E-state index contributed by atoms with van der Waals surface area (Å²) < 4.78 is 17.4. The number of aromatic nitrogens is 1. The van der Waals surface area contributed by atoms with E-state index in [0.717, 1.165) is 0 Å². The van der Waals surface area contributed by atoms with Crippen LogP contribution in [-0.4, -0.2) is 12.1 Å². The molecule has 0 aliphatic rings. The highest BCUT2D eigenvalue weighted by molar-refractivity contribution is 5.45. The first-order valence-electron chi connectivity index (χ1n) is 3.10. The van der Waals surface area contributed by atoms with Gasteiger partial charge in [-0.1, -0.05) is 12.7 Å². The molecule has 0 aliphatic heterocycles. The van der Waals surface area contributed by atoms with E-state index in [-0.39, 0.29) is 5.88 Å². The van der Waals surface area contributed by atoms with Gasteiger partial charge in [0.1, 0.15) is 0 Å². The first-order chi connectivity index (χ1) is 5.27. The van der Waals surface area contributed by atoms with Gasteiger partial charge in [-0.15, -0.1) is 0 Å². The van der Waals surface area contributed by atoms with Gasteiger partial charge in [0.25, 0.3) is 0 Å². The van der Waals surface area contributed by atoms with Crippen molar-refractivity contribution < 1.29 is 9.13 Å². The lowest BCUT2D eigenvalue weighted by molar-refractivity contribution is 0.369. The number of rotatable bonds is 2. The van der Waals surface area contributed by atoms with Crippen molar-refractivity contribution in [3.63, 3.8) is 0 Å². The minimum absolute atomic E-state index is 0.00981. The van der Waals surface area contributed by atoms with Crippen LogP contribution in [0.3, 0.4) is 0 Å². The lowest BCUT2D eigenvalue weighted by Gasteiger charge is -1.99. The summed E-state index contributed by atoms with van der Waals surface area (Å²) in [7, 11) is 1.37. The molecule has 0 N–H and O–H groups in total. The number of ether oxygens (including phenoxy) is 1. The SMILES string of the molecule is C=Cc1cnc(OC)c(F)c1. The summed E-state index contributed by atoms with van der Waals surface area (Å²) in [5, 5.41) is 0. The first-order valence-corrected chi connectivity index (χ1v) is 3.10. The highest BCUT2D eigenvalue weighted by Gasteiger charge is 2.01. The van der Waals surface area contributed by atoms with Crippen molar-refractivity contribution in [3.05, 3.63) is 30.2 Å². The van der Waals surface area contributed by atoms with E-state index in [0.29, 0.717) is 5.56 Å². The largest absolute Gasteiger partial charge is 0.479 e. The maximum Gasteiger partial charge on any atom is 0.250 e. The Morgan fingerprint density at radius 3 is 2.91 bits per heavy atom. The van der Waals surface area contributed by atoms with Crippen molar-refractivity contribution in [2.24, 2.45) is 0 Å². The molecule has 0 radical (unpaired) electrons. The quantitative estimate of drug-likeness (QED) is 0.647. The van der Waals surface area contributed by atoms with E-state index >= 15 is 0 Å². The monoisotopic (exact) mass is 153 g/mol. The summed E-state index contributed by atoms with van der Waals surface area (Å²) in [6, 6.07) is 1.32. The third-order valence-electron chi connectivity index (χ3n) is 1.26. The van der Waals surface area contributed by atoms with Crippen molar-refractivity contribution in [2.75, 3.05) is 7.11 Å². The maximum absolute atomic E-state index is 12.8. The Labute approximate surface area is 64.3 Å². The molecule has 58 valence electrons. The number of hydrogen-bond donors (Lipinski definition) is 0. The van der Waals surface area contributed by atoms with Gasteiger partial charge in [0.05, 0.1) is 7.11 Å². The molecule has 0 amide bonds. The van der Waals surface area contributed by atoms with E-state index in [1.807, 2.05) is 0 Å². The fourth-order valence-electron chi connectivity index (χ4n) is 0.702. The van der Waals surface area contributed by atoms with Crippen LogP contribution < -0.4 is 4.74 Å². The fourth-order valence-corrected chi connectivity index (χ4v) is 0.702. The molecule has 1 aromatic heterocycles. The van der Waals surface area contributed by atoms with Crippen LogP contribution in [-0.2, 0) is 0 Å². The number of methoxy groups -OCH3 is 1. The molecule has 1 rings (SSSR count). The maximum atomic E-state index is 12.8. The topological polar surface area (TPSA) is 22.1 Å². The Balaban J connectivity index is 3.09. The molecular weight excluding hydrogens is 145 g/mol. The summed E-state index contributed by atoms with van der Waals surface area (Å²) in [6.45, 7) is 3.48. The molecule has 1 heterocycles. The Morgan fingerprint density at radius 2 is 2.45 bits per heavy atom. The van der Waals surface area contributed by atoms with Crippen LogP contribution in [0.4, 0.5) is 4.39 Å². The van der Waals surface area contributed by atoms with Gasteiger partial charge >= 0.3 is 0 Å². The normalized spacial score (nSPS) is 9.27. The summed E-state index contributed by atoms with van der Waals surface area (Å²) in [4.78, 5) is 3.70. The molecule has 3 heteroatoms. The molecule has 0 unspecified atom stereocenters. The lowest BCUT2D eigenvalue weighted by Crippen LogP contribution is -1.91. The average Bonchev–Trinajstić information content (AvgIpc) is 2.04. The smallest absolute Gasteiger partial charge is 0.250 e. The summed E-state index contributed by atoms with van der Waals surface area (Å²) in [5.74, 6) is -0.458. The Kier molecular flexibility index (Phi) is 2.21. The molecular formula is C8H8FNO. The van der Waals surface area contributed by atoms with Gasteiger partial charge in [-0.2, -0.15) is 0 Å². The van der Waals surface area contributed by atoms with Crippen molar-refractivity contribution in [1.29, 1.82) is 0 Å². The predicted octanol–water partition coefficient (Wildman–Crippen LogP) is 1.87. The molecule has 0 saturated heterocycles. The standard InChI is InChI=1S/C8H8FNO/c1-3-6-4-7(9)8(11-2)10-5-6/h3-5H,1H2,2H3. The average molecular weight is 153 g/mol. The van der Waals surface area contributed by atoms with Crippen molar-refractivity contribution in [2.45, 2.75) is 0 Å². The van der Waals surface area contributed by atoms with Crippen LogP contribution in [0, 0.1) is 5.82 Å². The third kappa shape index (κ3) is 1.55. The van der Waals surface area contributed by atoms with Crippen LogP contribution in [0.15, 0.2) is 18.8 Å². The van der Waals surface area contributed by atoms with E-state index in [9.17, 15) is 4.39 Å². The zero-order chi connectivity index (χ0) is 8.27. The number of pyridine rings is 1. The Morgan fingerprint density at radius 1 is 1.73 bits per heavy atom. The lowest BCUT2D eigenvalue weighted by atomic mass is 10.3. The van der Waals surface area contributed by atoms with Crippen LogP contribution in [0.2, 0.25) is 0 Å². The van der Waals surface area contributed by atoms with E-state index in [1.165, 1.54) is 25.4 Å². The highest BCUT2D eigenvalue weighted by Crippen LogP contribution is 2.13. The van der Waals surface area contributed by atoms with Gasteiger partial charge in [0, 0.05) is 6.20 Å². The second-order valence-electron chi connectivity index (χ2n) is 1.96. The predicted molar refractivity (Wildman–Crippen MR) is 40.8 cm³/mol. The minimum atomic E-state index is -0.468. The van der Waals surface area contributed by atoms with Crippen LogP contribution in [0.25, 0.3) is 6.08 Å². The number of halogens is 1. The zero-order valence-corrected chi connectivity index (χ0v) is 6.17. The second-order valence-corrected chi connectivity index (χ2v) is 1.96. The van der Waals surface area contributed by atoms with Gasteiger partial charge < -0.3 is 4.74 Å². The van der Waals surface area contributed by atoms with E-state index < -0.39 is 5.82 Å².